The van der Waals surface area contributed by atoms with Crippen LogP contribution in [0, 0.1) is 0 Å². The summed E-state index contributed by atoms with van der Waals surface area (Å²) in [5, 5.41) is 0. The zero-order valence-corrected chi connectivity index (χ0v) is 27.0. The van der Waals surface area contributed by atoms with Gasteiger partial charge in [-0.25, -0.2) is 9.97 Å². The molecule has 7 aromatic rings. The summed E-state index contributed by atoms with van der Waals surface area (Å²) in [6.45, 7) is 4.72. The van der Waals surface area contributed by atoms with Gasteiger partial charge in [0.25, 0.3) is 0 Å². The van der Waals surface area contributed by atoms with E-state index in [2.05, 4.69) is 122 Å². The number of hydrogen-bond acceptors (Lipinski definition) is 4. The van der Waals surface area contributed by atoms with Crippen LogP contribution in [0.15, 0.2) is 162 Å². The SMILES string of the molecule is CC1(C)c2ccccc2C2(c3ccccc3Sc3ccccc32)c2ccc(-c3nc(-c4ccccc4)cc(-c4ccccn4)n3)cc21. The van der Waals surface area contributed by atoms with Crippen molar-refractivity contribution in [3.63, 3.8) is 0 Å². The molecule has 0 bridgehead atoms. The van der Waals surface area contributed by atoms with E-state index < -0.39 is 5.41 Å². The molecule has 0 fully saturated rings. The molecule has 0 atom stereocenters. The smallest absolute Gasteiger partial charge is 0.160 e. The maximum absolute atomic E-state index is 5.17. The van der Waals surface area contributed by atoms with Crippen molar-refractivity contribution in [1.29, 1.82) is 0 Å². The topological polar surface area (TPSA) is 38.7 Å². The highest BCUT2D eigenvalue weighted by atomic mass is 32.2. The van der Waals surface area contributed by atoms with E-state index in [1.165, 1.54) is 43.2 Å². The van der Waals surface area contributed by atoms with E-state index in [9.17, 15) is 0 Å². The molecule has 224 valence electrons. The Hall–Kier alpha value is -5.32. The van der Waals surface area contributed by atoms with Gasteiger partial charge in [0.1, 0.15) is 0 Å². The van der Waals surface area contributed by atoms with Gasteiger partial charge in [-0.15, -0.1) is 0 Å². The van der Waals surface area contributed by atoms with Gasteiger partial charge in [-0.2, -0.15) is 0 Å². The number of fused-ring (bicyclic) bond motifs is 8. The van der Waals surface area contributed by atoms with Crippen molar-refractivity contribution < 1.29 is 0 Å². The Balaban J connectivity index is 1.33. The van der Waals surface area contributed by atoms with Crippen molar-refractivity contribution in [2.24, 2.45) is 0 Å². The first kappa shape index (κ1) is 27.9. The minimum atomic E-state index is -0.454. The van der Waals surface area contributed by atoms with Crippen LogP contribution in [-0.4, -0.2) is 15.0 Å². The largest absolute Gasteiger partial charge is 0.255 e. The van der Waals surface area contributed by atoms with E-state index in [0.717, 1.165) is 28.2 Å². The normalized spacial score (nSPS) is 14.9. The number of hydrogen-bond donors (Lipinski definition) is 0. The molecular formula is C43H31N3S. The summed E-state index contributed by atoms with van der Waals surface area (Å²) in [5.74, 6) is 0.693. The van der Waals surface area contributed by atoms with Gasteiger partial charge in [-0.1, -0.05) is 135 Å². The molecule has 0 unspecified atom stereocenters. The van der Waals surface area contributed by atoms with E-state index in [-0.39, 0.29) is 5.41 Å². The van der Waals surface area contributed by atoms with Crippen LogP contribution in [0.1, 0.15) is 47.2 Å². The van der Waals surface area contributed by atoms with E-state index in [4.69, 9.17) is 9.97 Å². The lowest BCUT2D eigenvalue weighted by atomic mass is 9.54. The van der Waals surface area contributed by atoms with Crippen LogP contribution in [-0.2, 0) is 10.8 Å². The molecule has 2 aromatic heterocycles. The van der Waals surface area contributed by atoms with E-state index in [1.807, 2.05) is 60.4 Å². The zero-order valence-electron chi connectivity index (χ0n) is 26.2. The molecule has 9 rings (SSSR count). The predicted octanol–water partition coefficient (Wildman–Crippen LogP) is 10.4. The third-order valence-electron chi connectivity index (χ3n) is 9.88. The first-order valence-electron chi connectivity index (χ1n) is 16.0. The van der Waals surface area contributed by atoms with Gasteiger partial charge in [-0.05, 0) is 69.8 Å². The second-order valence-electron chi connectivity index (χ2n) is 12.8. The fraction of sp³-hybridized carbons (Fsp3) is 0.0930. The Morgan fingerprint density at radius 3 is 1.74 bits per heavy atom. The third kappa shape index (κ3) is 4.18. The number of aromatic nitrogens is 3. The molecular weight excluding hydrogens is 591 g/mol. The molecule has 0 saturated carbocycles. The monoisotopic (exact) mass is 621 g/mol. The fourth-order valence-corrected chi connectivity index (χ4v) is 8.92. The average Bonchev–Trinajstić information content (AvgIpc) is 3.14. The van der Waals surface area contributed by atoms with Crippen LogP contribution in [0.5, 0.6) is 0 Å². The lowest BCUT2D eigenvalue weighted by Gasteiger charge is -2.50. The molecule has 2 aliphatic rings. The summed E-state index contributed by atoms with van der Waals surface area (Å²) in [6.07, 6.45) is 1.82. The molecule has 1 aliphatic heterocycles. The zero-order chi connectivity index (χ0) is 31.6. The molecule has 3 heterocycles. The summed E-state index contributed by atoms with van der Waals surface area (Å²) in [5.41, 5.74) is 11.8. The second-order valence-corrected chi connectivity index (χ2v) is 13.9. The van der Waals surface area contributed by atoms with Crippen LogP contribution >= 0.6 is 11.8 Å². The first-order valence-corrected chi connectivity index (χ1v) is 16.8. The first-order chi connectivity index (χ1) is 23.0. The van der Waals surface area contributed by atoms with Crippen LogP contribution in [0.25, 0.3) is 34.0 Å². The predicted molar refractivity (Wildman–Crippen MR) is 191 cm³/mol. The lowest BCUT2D eigenvalue weighted by molar-refractivity contribution is 0.549. The summed E-state index contributed by atoms with van der Waals surface area (Å²) in [4.78, 5) is 17.6. The van der Waals surface area contributed by atoms with Crippen LogP contribution in [0.4, 0.5) is 0 Å². The van der Waals surface area contributed by atoms with E-state index in [0.29, 0.717) is 5.82 Å². The van der Waals surface area contributed by atoms with Crippen LogP contribution in [0.2, 0.25) is 0 Å². The van der Waals surface area contributed by atoms with Gasteiger partial charge in [0.05, 0.1) is 22.5 Å². The highest BCUT2D eigenvalue weighted by Gasteiger charge is 2.52. The van der Waals surface area contributed by atoms with Gasteiger partial charge < -0.3 is 0 Å². The van der Waals surface area contributed by atoms with Crippen molar-refractivity contribution in [3.05, 3.63) is 185 Å². The number of rotatable bonds is 3. The molecule has 1 aliphatic carbocycles. The number of nitrogens with zero attached hydrogens (tertiary/aromatic N) is 3. The summed E-state index contributed by atoms with van der Waals surface area (Å²) < 4.78 is 0. The Labute approximate surface area is 279 Å². The Morgan fingerprint density at radius 2 is 1.04 bits per heavy atom. The third-order valence-corrected chi connectivity index (χ3v) is 11.0. The quantitative estimate of drug-likeness (QED) is 0.197. The average molecular weight is 622 g/mol. The molecule has 0 radical (unpaired) electrons. The van der Waals surface area contributed by atoms with Crippen molar-refractivity contribution in [3.8, 4) is 34.0 Å². The standard InChI is InChI=1S/C43H31N3S/c1-42(2)30-16-6-7-17-31(30)43(33-18-8-10-21-39(33)47-40-22-11-9-19-34(40)43)32-24-23-29(26-35(32)42)41-45-37(28-14-4-3-5-15-28)27-38(46-41)36-20-12-13-25-44-36/h3-27H,1-2H3. The van der Waals surface area contributed by atoms with E-state index in [1.54, 1.807) is 0 Å². The fourth-order valence-electron chi connectivity index (χ4n) is 7.73. The molecule has 0 N–H and O–H groups in total. The maximum Gasteiger partial charge on any atom is 0.160 e. The van der Waals surface area contributed by atoms with E-state index >= 15 is 0 Å². The molecule has 3 nitrogen and oxygen atoms in total. The molecule has 1 spiro atoms. The van der Waals surface area contributed by atoms with Gasteiger partial charge in [0.15, 0.2) is 5.82 Å². The minimum Gasteiger partial charge on any atom is -0.255 e. The van der Waals surface area contributed by atoms with Crippen molar-refractivity contribution in [2.45, 2.75) is 34.5 Å². The van der Waals surface area contributed by atoms with Crippen molar-refractivity contribution in [2.75, 3.05) is 0 Å². The Bertz CT molecular complexity index is 2210. The molecule has 0 amide bonds. The summed E-state index contributed by atoms with van der Waals surface area (Å²) >= 11 is 1.87. The Morgan fingerprint density at radius 1 is 0.447 bits per heavy atom. The highest BCUT2D eigenvalue weighted by Crippen LogP contribution is 2.61. The highest BCUT2D eigenvalue weighted by molar-refractivity contribution is 7.99. The summed E-state index contributed by atoms with van der Waals surface area (Å²) in [7, 11) is 0. The number of pyridine rings is 1. The maximum atomic E-state index is 5.17. The van der Waals surface area contributed by atoms with Crippen LogP contribution < -0.4 is 0 Å². The molecule has 4 heteroatoms. The van der Waals surface area contributed by atoms with Gasteiger partial charge >= 0.3 is 0 Å². The van der Waals surface area contributed by atoms with Gasteiger partial charge in [-0.3, -0.25) is 4.98 Å². The summed E-state index contributed by atoms with van der Waals surface area (Å²) in [6, 6.07) is 52.2. The molecule has 0 saturated heterocycles. The van der Waals surface area contributed by atoms with Crippen molar-refractivity contribution in [1.82, 2.24) is 15.0 Å². The molecule has 5 aromatic carbocycles. The van der Waals surface area contributed by atoms with Crippen molar-refractivity contribution >= 4 is 11.8 Å². The van der Waals surface area contributed by atoms with Crippen LogP contribution in [0.3, 0.4) is 0 Å². The second kappa shape index (κ2) is 10.6. The number of benzene rings is 5. The van der Waals surface area contributed by atoms with Gasteiger partial charge in [0.2, 0.25) is 0 Å². The van der Waals surface area contributed by atoms with Gasteiger partial charge in [0, 0.05) is 32.5 Å². The minimum absolute atomic E-state index is 0.261. The Kier molecular flexibility index (Phi) is 6.31. The molecule has 47 heavy (non-hydrogen) atoms. The lowest BCUT2D eigenvalue weighted by Crippen LogP contribution is -2.43.